The molecule has 0 saturated heterocycles. The van der Waals surface area contributed by atoms with Crippen LogP contribution >= 0.6 is 11.8 Å². The molecule has 0 fully saturated rings. The maximum Gasteiger partial charge on any atom is 0.119 e. The third kappa shape index (κ3) is 5.45. The van der Waals surface area contributed by atoms with Gasteiger partial charge in [-0.15, -0.1) is 11.8 Å². The van der Waals surface area contributed by atoms with Crippen LogP contribution in [0.25, 0.3) is 0 Å². The molecule has 0 aliphatic rings. The maximum atomic E-state index is 10.2. The Labute approximate surface area is 179 Å². The van der Waals surface area contributed by atoms with Gasteiger partial charge < -0.3 is 5.11 Å². The number of aromatic hydroxyl groups is 1. The molecule has 152 valence electrons. The second kappa shape index (κ2) is 9.09. The van der Waals surface area contributed by atoms with E-state index in [4.69, 9.17) is 0 Å². The van der Waals surface area contributed by atoms with E-state index in [1.54, 1.807) is 0 Å². The SMILES string of the molecule is CCc1cc(SC[Si]c2cccc(C(C)(C)C)c2C(C)(C)C)c(CC)cc1O. The van der Waals surface area contributed by atoms with Gasteiger partial charge in [0, 0.05) is 4.90 Å². The van der Waals surface area contributed by atoms with E-state index in [2.05, 4.69) is 79.7 Å². The zero-order valence-corrected chi connectivity index (χ0v) is 20.7. The van der Waals surface area contributed by atoms with Gasteiger partial charge in [-0.2, -0.15) is 0 Å². The van der Waals surface area contributed by atoms with E-state index in [1.807, 2.05) is 17.8 Å². The highest BCUT2D eigenvalue weighted by Crippen LogP contribution is 2.33. The summed E-state index contributed by atoms with van der Waals surface area (Å²) in [5.74, 6) is 0.444. The molecular weight excluding hydrogens is 376 g/mol. The van der Waals surface area contributed by atoms with Crippen LogP contribution in [0.3, 0.4) is 0 Å². The van der Waals surface area contributed by atoms with Crippen LogP contribution in [0.15, 0.2) is 35.2 Å². The molecule has 28 heavy (non-hydrogen) atoms. The van der Waals surface area contributed by atoms with E-state index in [1.165, 1.54) is 26.8 Å². The van der Waals surface area contributed by atoms with Gasteiger partial charge in [-0.1, -0.05) is 78.8 Å². The van der Waals surface area contributed by atoms with Crippen LogP contribution < -0.4 is 5.19 Å². The molecule has 1 nitrogen and oxygen atoms in total. The van der Waals surface area contributed by atoms with Crippen LogP contribution in [0, 0.1) is 0 Å². The fourth-order valence-electron chi connectivity index (χ4n) is 3.67. The van der Waals surface area contributed by atoms with Gasteiger partial charge in [0.25, 0.3) is 0 Å². The zero-order valence-electron chi connectivity index (χ0n) is 18.9. The van der Waals surface area contributed by atoms with Gasteiger partial charge in [0.15, 0.2) is 0 Å². The molecule has 0 atom stereocenters. The van der Waals surface area contributed by atoms with Crippen molar-refractivity contribution in [2.24, 2.45) is 0 Å². The largest absolute Gasteiger partial charge is 0.508 e. The standard InChI is InChI=1S/C25H36OSSi/c1-9-17-15-21(18(10-2)14-20(17)26)27-16-28-22-13-11-12-19(24(3,4)5)23(22)25(6,7)8/h11-15,26H,9-10,16H2,1-8H3. The van der Waals surface area contributed by atoms with Crippen molar-refractivity contribution in [1.82, 2.24) is 0 Å². The first-order valence-electron chi connectivity index (χ1n) is 10.3. The second-order valence-electron chi connectivity index (χ2n) is 9.49. The number of hydrogen-bond donors (Lipinski definition) is 1. The summed E-state index contributed by atoms with van der Waals surface area (Å²) < 4.78 is 0. The Morgan fingerprint density at radius 2 is 1.54 bits per heavy atom. The quantitative estimate of drug-likeness (QED) is 0.451. The summed E-state index contributed by atoms with van der Waals surface area (Å²) in [6, 6.07) is 11.0. The van der Waals surface area contributed by atoms with E-state index in [-0.39, 0.29) is 10.8 Å². The lowest BCUT2D eigenvalue weighted by molar-refractivity contribution is 0.467. The molecule has 0 amide bonds. The molecule has 2 aromatic carbocycles. The predicted octanol–water partition coefficient (Wildman–Crippen LogP) is 6.19. The molecule has 0 unspecified atom stereocenters. The summed E-state index contributed by atoms with van der Waals surface area (Å²) in [5.41, 5.74) is 5.59. The van der Waals surface area contributed by atoms with Crippen molar-refractivity contribution in [2.45, 2.75) is 84.0 Å². The predicted molar refractivity (Wildman–Crippen MR) is 127 cm³/mol. The van der Waals surface area contributed by atoms with E-state index in [0.29, 0.717) is 5.75 Å². The number of phenols is 1. The number of rotatable bonds is 6. The molecule has 0 aromatic heterocycles. The number of benzene rings is 2. The minimum absolute atomic E-state index is 0.138. The topological polar surface area (TPSA) is 20.2 Å². The highest BCUT2D eigenvalue weighted by atomic mass is 32.2. The molecule has 0 aliphatic carbocycles. The van der Waals surface area contributed by atoms with Gasteiger partial charge in [-0.3, -0.25) is 0 Å². The Kier molecular flexibility index (Phi) is 7.49. The van der Waals surface area contributed by atoms with E-state index < -0.39 is 0 Å². The molecule has 3 heteroatoms. The van der Waals surface area contributed by atoms with Crippen molar-refractivity contribution >= 4 is 26.5 Å². The normalized spacial score (nSPS) is 12.4. The Hall–Kier alpha value is -1.19. The fraction of sp³-hybridized carbons (Fsp3) is 0.520. The molecule has 2 radical (unpaired) electrons. The summed E-state index contributed by atoms with van der Waals surface area (Å²) in [5, 5.41) is 12.8. The number of aryl methyl sites for hydroxylation is 2. The summed E-state index contributed by atoms with van der Waals surface area (Å²) in [6.45, 7) is 18.2. The van der Waals surface area contributed by atoms with Gasteiger partial charge in [0.2, 0.25) is 0 Å². The molecule has 0 heterocycles. The highest BCUT2D eigenvalue weighted by molar-refractivity contribution is 8.00. The summed E-state index contributed by atoms with van der Waals surface area (Å²) in [4.78, 5) is 1.33. The first-order chi connectivity index (χ1) is 13.0. The monoisotopic (exact) mass is 412 g/mol. The van der Waals surface area contributed by atoms with Crippen molar-refractivity contribution in [1.29, 1.82) is 0 Å². The summed E-state index contributed by atoms with van der Waals surface area (Å²) in [6.07, 6.45) is 1.82. The fourth-order valence-corrected chi connectivity index (χ4v) is 6.72. The number of hydrogen-bond acceptors (Lipinski definition) is 2. The minimum Gasteiger partial charge on any atom is -0.508 e. The summed E-state index contributed by atoms with van der Waals surface area (Å²) >= 11 is 1.94. The molecule has 0 saturated carbocycles. The van der Waals surface area contributed by atoms with Crippen LogP contribution in [-0.2, 0) is 23.7 Å². The van der Waals surface area contributed by atoms with Gasteiger partial charge in [0.05, 0.1) is 9.52 Å². The average Bonchev–Trinajstić information content (AvgIpc) is 2.60. The third-order valence-corrected chi connectivity index (χ3v) is 7.78. The molecular formula is C25H36OSSi. The lowest BCUT2D eigenvalue weighted by Crippen LogP contribution is -2.33. The van der Waals surface area contributed by atoms with Crippen molar-refractivity contribution in [3.63, 3.8) is 0 Å². The van der Waals surface area contributed by atoms with Crippen molar-refractivity contribution in [2.75, 3.05) is 5.38 Å². The van der Waals surface area contributed by atoms with Crippen molar-refractivity contribution in [3.8, 4) is 5.75 Å². The number of phenolic OH excluding ortho intramolecular Hbond substituents is 1. The second-order valence-corrected chi connectivity index (χ2v) is 12.3. The Balaban J connectivity index is 2.29. The van der Waals surface area contributed by atoms with E-state index in [0.717, 1.165) is 33.3 Å². The lowest BCUT2D eigenvalue weighted by Gasteiger charge is -2.32. The lowest BCUT2D eigenvalue weighted by atomic mass is 9.75. The zero-order chi connectivity index (χ0) is 21.1. The Bertz CT molecular complexity index is 813. The molecule has 2 rings (SSSR count). The van der Waals surface area contributed by atoms with Crippen molar-refractivity contribution < 1.29 is 5.11 Å². The minimum atomic E-state index is 0.138. The summed E-state index contributed by atoms with van der Waals surface area (Å²) in [7, 11) is 0.771. The molecule has 0 spiro atoms. The van der Waals surface area contributed by atoms with Gasteiger partial charge in [-0.25, -0.2) is 0 Å². The van der Waals surface area contributed by atoms with Gasteiger partial charge >= 0.3 is 0 Å². The Morgan fingerprint density at radius 1 is 0.893 bits per heavy atom. The first-order valence-corrected chi connectivity index (χ1v) is 12.5. The molecule has 1 N–H and O–H groups in total. The average molecular weight is 413 g/mol. The van der Waals surface area contributed by atoms with Crippen LogP contribution in [0.1, 0.15) is 77.6 Å². The number of thioether (sulfide) groups is 1. The van der Waals surface area contributed by atoms with Crippen molar-refractivity contribution in [3.05, 3.63) is 52.6 Å². The molecule has 0 aliphatic heterocycles. The van der Waals surface area contributed by atoms with Crippen LogP contribution in [0.5, 0.6) is 5.75 Å². The molecule has 0 bridgehead atoms. The van der Waals surface area contributed by atoms with Crippen LogP contribution in [0.2, 0.25) is 0 Å². The highest BCUT2D eigenvalue weighted by Gasteiger charge is 2.27. The van der Waals surface area contributed by atoms with Gasteiger partial charge in [0.1, 0.15) is 5.75 Å². The first kappa shape index (κ1) is 23.1. The van der Waals surface area contributed by atoms with E-state index in [9.17, 15) is 5.11 Å². The van der Waals surface area contributed by atoms with Gasteiger partial charge in [-0.05, 0) is 63.4 Å². The molecule has 2 aromatic rings. The Morgan fingerprint density at radius 3 is 2.07 bits per heavy atom. The maximum absolute atomic E-state index is 10.2. The van der Waals surface area contributed by atoms with E-state index >= 15 is 0 Å². The smallest absolute Gasteiger partial charge is 0.119 e. The van der Waals surface area contributed by atoms with Crippen LogP contribution in [0.4, 0.5) is 0 Å². The third-order valence-electron chi connectivity index (χ3n) is 5.14. The van der Waals surface area contributed by atoms with Crippen LogP contribution in [-0.4, -0.2) is 20.0 Å².